The van der Waals surface area contributed by atoms with Crippen LogP contribution in [-0.2, 0) is 11.2 Å². The first-order valence-corrected chi connectivity index (χ1v) is 8.73. The second-order valence-electron chi connectivity index (χ2n) is 6.27. The van der Waals surface area contributed by atoms with Crippen LogP contribution >= 0.6 is 11.3 Å². The quantitative estimate of drug-likeness (QED) is 0.922. The zero-order valence-corrected chi connectivity index (χ0v) is 14.0. The maximum Gasteiger partial charge on any atom is 0.220 e. The lowest BCUT2D eigenvalue weighted by Crippen LogP contribution is -2.35. The monoisotopic (exact) mass is 317 g/mol. The lowest BCUT2D eigenvalue weighted by Gasteiger charge is -2.19. The Morgan fingerprint density at radius 2 is 2.18 bits per heavy atom. The van der Waals surface area contributed by atoms with Crippen molar-refractivity contribution in [2.45, 2.75) is 44.2 Å². The fourth-order valence-corrected chi connectivity index (χ4v) is 4.07. The van der Waals surface area contributed by atoms with Crippen molar-refractivity contribution in [2.24, 2.45) is 0 Å². The lowest BCUT2D eigenvalue weighted by atomic mass is 10.2. The molecule has 22 heavy (non-hydrogen) atoms. The summed E-state index contributed by atoms with van der Waals surface area (Å²) in [5, 5.41) is 4.23. The van der Waals surface area contributed by atoms with Crippen molar-refractivity contribution in [1.29, 1.82) is 0 Å². The van der Waals surface area contributed by atoms with Crippen LogP contribution in [0.3, 0.4) is 0 Å². The largest absolute Gasteiger partial charge is 0.353 e. The van der Waals surface area contributed by atoms with Crippen LogP contribution in [0, 0.1) is 0 Å². The molecule has 1 heterocycles. The molecule has 4 nitrogen and oxygen atoms in total. The van der Waals surface area contributed by atoms with Crippen LogP contribution in [0.25, 0.3) is 10.2 Å². The predicted molar refractivity (Wildman–Crippen MR) is 91.2 cm³/mol. The van der Waals surface area contributed by atoms with E-state index >= 15 is 0 Å². The summed E-state index contributed by atoms with van der Waals surface area (Å²) in [6.07, 6.45) is 4.60. The van der Waals surface area contributed by atoms with Crippen LogP contribution < -0.4 is 5.32 Å². The van der Waals surface area contributed by atoms with Crippen LogP contribution in [0.2, 0.25) is 0 Å². The summed E-state index contributed by atoms with van der Waals surface area (Å²) in [4.78, 5) is 19.0. The van der Waals surface area contributed by atoms with E-state index in [0.29, 0.717) is 18.5 Å². The van der Waals surface area contributed by atoms with Crippen LogP contribution in [0.4, 0.5) is 0 Å². The SMILES string of the molecule is CN(C)[C@H]1CC[C@@H](NC(=O)CCc2nc3ccccc3s2)C1. The topological polar surface area (TPSA) is 45.2 Å². The fraction of sp³-hybridized carbons (Fsp3) is 0.529. The Morgan fingerprint density at radius 3 is 2.91 bits per heavy atom. The molecule has 0 saturated heterocycles. The zero-order valence-electron chi connectivity index (χ0n) is 13.2. The van der Waals surface area contributed by atoms with Crippen LogP contribution in [0.5, 0.6) is 0 Å². The fourth-order valence-electron chi connectivity index (χ4n) is 3.10. The number of aryl methyl sites for hydroxylation is 1. The molecule has 1 aliphatic carbocycles. The number of carbonyl (C=O) groups excluding carboxylic acids is 1. The number of nitrogens with one attached hydrogen (secondary N) is 1. The molecule has 5 heteroatoms. The molecule has 1 amide bonds. The molecule has 1 saturated carbocycles. The van der Waals surface area contributed by atoms with Gasteiger partial charge in [-0.2, -0.15) is 0 Å². The second-order valence-corrected chi connectivity index (χ2v) is 7.39. The molecule has 3 rings (SSSR count). The summed E-state index contributed by atoms with van der Waals surface area (Å²) < 4.78 is 1.20. The van der Waals surface area contributed by atoms with Crippen molar-refractivity contribution in [3.63, 3.8) is 0 Å². The Bertz CT molecular complexity index is 619. The highest BCUT2D eigenvalue weighted by Gasteiger charge is 2.26. The van der Waals surface area contributed by atoms with Crippen LogP contribution in [0.1, 0.15) is 30.7 Å². The lowest BCUT2D eigenvalue weighted by molar-refractivity contribution is -0.121. The van der Waals surface area contributed by atoms with Gasteiger partial charge in [0.1, 0.15) is 0 Å². The molecule has 1 aliphatic rings. The van der Waals surface area contributed by atoms with Gasteiger partial charge in [0.25, 0.3) is 0 Å². The third-order valence-electron chi connectivity index (χ3n) is 4.40. The summed E-state index contributed by atoms with van der Waals surface area (Å²) in [7, 11) is 4.23. The number of nitrogens with zero attached hydrogens (tertiary/aromatic N) is 2. The highest BCUT2D eigenvalue weighted by molar-refractivity contribution is 7.18. The minimum Gasteiger partial charge on any atom is -0.353 e. The van der Waals surface area contributed by atoms with E-state index in [-0.39, 0.29) is 5.91 Å². The molecule has 1 fully saturated rings. The summed E-state index contributed by atoms with van der Waals surface area (Å²) in [5.41, 5.74) is 1.03. The van der Waals surface area contributed by atoms with E-state index < -0.39 is 0 Å². The van der Waals surface area contributed by atoms with Gasteiger partial charge in [0.05, 0.1) is 15.2 Å². The number of carbonyl (C=O) groups is 1. The first-order chi connectivity index (χ1) is 10.6. The van der Waals surface area contributed by atoms with Gasteiger partial charge in [-0.05, 0) is 45.5 Å². The van der Waals surface area contributed by atoms with Crippen molar-refractivity contribution in [3.8, 4) is 0 Å². The van der Waals surface area contributed by atoms with Gasteiger partial charge in [0, 0.05) is 24.9 Å². The number of hydrogen-bond donors (Lipinski definition) is 1. The molecule has 2 aromatic rings. The highest BCUT2D eigenvalue weighted by Crippen LogP contribution is 2.24. The predicted octanol–water partition coefficient (Wildman–Crippen LogP) is 2.83. The summed E-state index contributed by atoms with van der Waals surface area (Å²) in [5.74, 6) is 0.156. The van der Waals surface area contributed by atoms with E-state index in [1.54, 1.807) is 11.3 Å². The normalized spacial score (nSPS) is 21.6. The van der Waals surface area contributed by atoms with Crippen molar-refractivity contribution in [3.05, 3.63) is 29.3 Å². The zero-order chi connectivity index (χ0) is 15.5. The van der Waals surface area contributed by atoms with E-state index in [0.717, 1.165) is 29.8 Å². The Kier molecular flexibility index (Phi) is 4.74. The molecule has 0 aliphatic heterocycles. The third-order valence-corrected chi connectivity index (χ3v) is 5.50. The summed E-state index contributed by atoms with van der Waals surface area (Å²) in [6, 6.07) is 9.08. The number of aromatic nitrogens is 1. The maximum absolute atomic E-state index is 12.1. The molecule has 1 aromatic heterocycles. The summed E-state index contributed by atoms with van der Waals surface area (Å²) >= 11 is 1.69. The van der Waals surface area contributed by atoms with E-state index in [2.05, 4.69) is 35.4 Å². The van der Waals surface area contributed by atoms with Crippen molar-refractivity contribution in [2.75, 3.05) is 14.1 Å². The van der Waals surface area contributed by atoms with Gasteiger partial charge in [-0.15, -0.1) is 11.3 Å². The number of para-hydroxylation sites is 1. The Morgan fingerprint density at radius 1 is 1.36 bits per heavy atom. The third kappa shape index (κ3) is 3.65. The molecule has 1 aromatic carbocycles. The molecular weight excluding hydrogens is 294 g/mol. The minimum absolute atomic E-state index is 0.156. The molecular formula is C17H23N3OS. The standard InChI is InChI=1S/C17H23N3OS/c1-20(2)13-8-7-12(11-13)18-16(21)9-10-17-19-14-5-3-4-6-15(14)22-17/h3-6,12-13H,7-11H2,1-2H3,(H,18,21)/t12-,13+/m1/s1. The number of benzene rings is 1. The molecule has 0 radical (unpaired) electrons. The van der Waals surface area contributed by atoms with Crippen LogP contribution in [-0.4, -0.2) is 42.0 Å². The van der Waals surface area contributed by atoms with E-state index in [9.17, 15) is 4.79 Å². The number of hydrogen-bond acceptors (Lipinski definition) is 4. The van der Waals surface area contributed by atoms with E-state index in [1.807, 2.05) is 18.2 Å². The first kappa shape index (κ1) is 15.4. The van der Waals surface area contributed by atoms with Crippen molar-refractivity contribution < 1.29 is 4.79 Å². The number of amides is 1. The second kappa shape index (κ2) is 6.75. The Hall–Kier alpha value is -1.46. The smallest absolute Gasteiger partial charge is 0.220 e. The average Bonchev–Trinajstić information content (AvgIpc) is 3.11. The summed E-state index contributed by atoms with van der Waals surface area (Å²) in [6.45, 7) is 0. The number of fused-ring (bicyclic) bond motifs is 1. The van der Waals surface area contributed by atoms with Gasteiger partial charge < -0.3 is 10.2 Å². The number of thiazole rings is 1. The van der Waals surface area contributed by atoms with Gasteiger partial charge in [0.2, 0.25) is 5.91 Å². The van der Waals surface area contributed by atoms with Gasteiger partial charge in [0.15, 0.2) is 0 Å². The van der Waals surface area contributed by atoms with Gasteiger partial charge >= 0.3 is 0 Å². The van der Waals surface area contributed by atoms with Crippen molar-refractivity contribution >= 4 is 27.5 Å². The van der Waals surface area contributed by atoms with Gasteiger partial charge in [-0.3, -0.25) is 4.79 Å². The van der Waals surface area contributed by atoms with E-state index in [1.165, 1.54) is 11.1 Å². The molecule has 118 valence electrons. The Labute approximate surface area is 135 Å². The molecule has 0 bridgehead atoms. The Balaban J connectivity index is 1.48. The molecule has 0 spiro atoms. The first-order valence-electron chi connectivity index (χ1n) is 7.92. The average molecular weight is 317 g/mol. The van der Waals surface area contributed by atoms with Crippen molar-refractivity contribution in [1.82, 2.24) is 15.2 Å². The minimum atomic E-state index is 0.156. The van der Waals surface area contributed by atoms with Gasteiger partial charge in [-0.25, -0.2) is 4.98 Å². The molecule has 0 unspecified atom stereocenters. The maximum atomic E-state index is 12.1. The molecule has 2 atom stereocenters. The van der Waals surface area contributed by atoms with Gasteiger partial charge in [-0.1, -0.05) is 12.1 Å². The molecule has 1 N–H and O–H groups in total. The highest BCUT2D eigenvalue weighted by atomic mass is 32.1. The van der Waals surface area contributed by atoms with Crippen LogP contribution in [0.15, 0.2) is 24.3 Å². The number of rotatable bonds is 5. The van der Waals surface area contributed by atoms with E-state index in [4.69, 9.17) is 0 Å².